The van der Waals surface area contributed by atoms with Crippen molar-refractivity contribution < 1.29 is 83.2 Å². The molecule has 0 amide bonds. The van der Waals surface area contributed by atoms with E-state index in [0.29, 0.717) is 18.8 Å². The SMILES string of the molecule is C[C@H]1O[C@@H](O[C@H]2[C@@H](O)C[C@H](O[C@H]3[C@@H](O)C[C@H](O[C@H]4[C@@H](O)C[C@H](O[C@H]5CC[C@@]6(C)[C@H](CC[C@@H]7[C@@H]6C[C@@H](O)[C@]6(C)[C@@H](C8=CC(=O)OC8)CC[C@]76O)C5)O[C@@H]4C)O[C@@H]3C)O[C@@H]2C)C[C@H](O)[C@@H]1O. The van der Waals surface area contributed by atoms with Gasteiger partial charge < -0.3 is 78.4 Å². The number of aliphatic hydroxyl groups excluding tert-OH is 6. The van der Waals surface area contributed by atoms with Crippen molar-refractivity contribution in [1.82, 2.24) is 0 Å². The van der Waals surface area contributed by atoms with Gasteiger partial charge in [-0.25, -0.2) is 4.79 Å². The van der Waals surface area contributed by atoms with Crippen LogP contribution in [0.2, 0.25) is 0 Å². The number of hydrogen-bond donors (Lipinski definition) is 7. The van der Waals surface area contributed by atoms with E-state index >= 15 is 0 Å². The third-order valence-electron chi connectivity index (χ3n) is 17.9. The second-order valence-corrected chi connectivity index (χ2v) is 21.5. The minimum atomic E-state index is -1.03. The average Bonchev–Trinajstić information content (AvgIpc) is 3.78. The van der Waals surface area contributed by atoms with Crippen molar-refractivity contribution in [2.75, 3.05) is 6.61 Å². The number of aliphatic hydroxyl groups is 7. The molecule has 0 bridgehead atoms. The summed E-state index contributed by atoms with van der Waals surface area (Å²) in [6, 6.07) is 0. The van der Waals surface area contributed by atoms with Crippen LogP contribution in [0, 0.1) is 34.5 Å². The molecule has 17 heteroatoms. The van der Waals surface area contributed by atoms with Crippen molar-refractivity contribution in [2.24, 2.45) is 34.5 Å². The highest BCUT2D eigenvalue weighted by Crippen LogP contribution is 2.70. The molecule has 7 N–H and O–H groups in total. The molecule has 64 heavy (non-hydrogen) atoms. The third kappa shape index (κ3) is 8.45. The number of hydrogen-bond acceptors (Lipinski definition) is 17. The number of fused-ring (bicyclic) bond motifs is 5. The van der Waals surface area contributed by atoms with Crippen LogP contribution in [0.4, 0.5) is 0 Å². The Labute approximate surface area is 376 Å². The predicted molar refractivity (Wildman–Crippen MR) is 222 cm³/mol. The number of carbonyl (C=O) groups is 1. The van der Waals surface area contributed by atoms with Crippen LogP contribution in [0.15, 0.2) is 11.6 Å². The maximum absolute atomic E-state index is 12.6. The lowest BCUT2D eigenvalue weighted by atomic mass is 9.42. The largest absolute Gasteiger partial charge is 0.458 e. The van der Waals surface area contributed by atoms with Gasteiger partial charge in [-0.2, -0.15) is 0 Å². The van der Waals surface area contributed by atoms with Gasteiger partial charge in [-0.15, -0.1) is 0 Å². The fraction of sp³-hybridized carbons (Fsp3) is 0.936. The molecule has 8 fully saturated rings. The summed E-state index contributed by atoms with van der Waals surface area (Å²) in [5.41, 5.74) is -0.941. The highest BCUT2D eigenvalue weighted by molar-refractivity contribution is 5.85. The zero-order valence-corrected chi connectivity index (χ0v) is 38.2. The highest BCUT2D eigenvalue weighted by Gasteiger charge is 2.71. The number of cyclic esters (lactones) is 1. The standard InChI is InChI=1S/C47H74O17/c1-21-41(54)31(48)16-38(57-21)62-43-23(3)59-40(18-33(43)50)64-44-24(4)60-39(19-34(44)51)63-42-22(2)58-37(17-32(42)49)61-27-9-11-45(5)26(14-27)7-8-29-30(45)15-35(52)46(6)28(10-12-47(29,46)55)25-13-36(53)56-20-25/h13,21-24,26-35,37-44,48-52,54-55H,7-12,14-20H2,1-6H3/t21-,22-,23-,24-,26-,27+,28-,29-,30+,31+,32+,33+,34+,35-,37+,38+,39+,40+,41-,42-,43-,44-,45+,46+,47+/m1/s1. The minimum absolute atomic E-state index is 0.0536. The second-order valence-electron chi connectivity index (χ2n) is 21.5. The summed E-state index contributed by atoms with van der Waals surface area (Å²) < 4.78 is 54.5. The summed E-state index contributed by atoms with van der Waals surface area (Å²) in [5.74, 6) is 0.144. The van der Waals surface area contributed by atoms with Crippen LogP contribution in [0.5, 0.6) is 0 Å². The van der Waals surface area contributed by atoms with Crippen LogP contribution in [-0.4, -0.2) is 165 Å². The molecule has 4 aliphatic carbocycles. The Morgan fingerprint density at radius 3 is 1.61 bits per heavy atom. The lowest BCUT2D eigenvalue weighted by Gasteiger charge is -2.65. The average molecular weight is 911 g/mol. The van der Waals surface area contributed by atoms with E-state index in [4.69, 9.17) is 42.6 Å². The van der Waals surface area contributed by atoms with Crippen molar-refractivity contribution >= 4 is 5.97 Å². The number of carbonyl (C=O) groups excluding carboxylic acids is 1. The van der Waals surface area contributed by atoms with Crippen molar-refractivity contribution in [2.45, 2.75) is 235 Å². The molecule has 0 aromatic heterocycles. The molecule has 364 valence electrons. The van der Waals surface area contributed by atoms with Gasteiger partial charge >= 0.3 is 5.97 Å². The molecule has 17 nitrogen and oxygen atoms in total. The van der Waals surface area contributed by atoms with Gasteiger partial charge in [0.1, 0.15) is 31.0 Å². The van der Waals surface area contributed by atoms with Crippen LogP contribution in [-0.2, 0) is 47.4 Å². The summed E-state index contributed by atoms with van der Waals surface area (Å²) in [5, 5.41) is 78.4. The van der Waals surface area contributed by atoms with Crippen molar-refractivity contribution in [1.29, 1.82) is 0 Å². The van der Waals surface area contributed by atoms with Gasteiger partial charge in [0.2, 0.25) is 0 Å². The molecule has 0 aromatic carbocycles. The number of esters is 1. The Morgan fingerprint density at radius 1 is 0.594 bits per heavy atom. The van der Waals surface area contributed by atoms with Crippen LogP contribution < -0.4 is 0 Å². The Bertz CT molecular complexity index is 1650. The first-order valence-electron chi connectivity index (χ1n) is 24.2. The highest BCUT2D eigenvalue weighted by atomic mass is 16.8. The van der Waals surface area contributed by atoms with Crippen LogP contribution in [0.1, 0.15) is 119 Å². The van der Waals surface area contributed by atoms with Gasteiger partial charge in [-0.1, -0.05) is 13.8 Å². The molecule has 4 saturated carbocycles. The maximum atomic E-state index is 12.6. The van der Waals surface area contributed by atoms with E-state index in [1.54, 1.807) is 26.8 Å². The predicted octanol–water partition coefficient (Wildman–Crippen LogP) is 2.10. The van der Waals surface area contributed by atoms with Gasteiger partial charge in [-0.3, -0.25) is 0 Å². The fourth-order valence-electron chi connectivity index (χ4n) is 14.2. The summed E-state index contributed by atoms with van der Waals surface area (Å²) in [6.45, 7) is 11.6. The van der Waals surface area contributed by atoms with E-state index in [0.717, 1.165) is 44.1 Å². The molecule has 5 heterocycles. The van der Waals surface area contributed by atoms with Gasteiger partial charge in [0.15, 0.2) is 25.2 Å². The zero-order chi connectivity index (χ0) is 45.6. The van der Waals surface area contributed by atoms with E-state index in [1.807, 2.05) is 13.8 Å². The van der Waals surface area contributed by atoms with Gasteiger partial charge in [0, 0.05) is 37.2 Å². The van der Waals surface area contributed by atoms with E-state index in [-0.39, 0.29) is 67.5 Å². The monoisotopic (exact) mass is 910 g/mol. The number of ether oxygens (including phenoxy) is 9. The second kappa shape index (κ2) is 18.2. The van der Waals surface area contributed by atoms with Crippen molar-refractivity contribution in [3.8, 4) is 0 Å². The van der Waals surface area contributed by atoms with Gasteiger partial charge in [0.05, 0.1) is 66.6 Å². The first-order chi connectivity index (χ1) is 30.3. The summed E-state index contributed by atoms with van der Waals surface area (Å²) >= 11 is 0. The Kier molecular flexibility index (Phi) is 13.5. The fourth-order valence-corrected chi connectivity index (χ4v) is 14.2. The molecule has 0 radical (unpaired) electrons. The van der Waals surface area contributed by atoms with Crippen LogP contribution >= 0.6 is 0 Å². The summed E-state index contributed by atoms with van der Waals surface area (Å²) in [6.07, 6.45) is -5.28. The van der Waals surface area contributed by atoms with Gasteiger partial charge in [-0.05, 0) is 114 Å². The third-order valence-corrected chi connectivity index (χ3v) is 17.9. The zero-order valence-electron chi connectivity index (χ0n) is 38.2. The van der Waals surface area contributed by atoms with Crippen LogP contribution in [0.25, 0.3) is 0 Å². The van der Waals surface area contributed by atoms with E-state index < -0.39 is 116 Å². The Balaban J connectivity index is 0.738. The number of rotatable bonds is 9. The van der Waals surface area contributed by atoms with E-state index in [9.17, 15) is 40.5 Å². The lowest BCUT2D eigenvalue weighted by molar-refractivity contribution is -0.344. The van der Waals surface area contributed by atoms with Crippen molar-refractivity contribution in [3.63, 3.8) is 0 Å². The molecule has 9 aliphatic rings. The smallest absolute Gasteiger partial charge is 0.331 e. The van der Waals surface area contributed by atoms with Crippen LogP contribution in [0.3, 0.4) is 0 Å². The topological polar surface area (TPSA) is 242 Å². The maximum Gasteiger partial charge on any atom is 0.331 e. The summed E-state index contributed by atoms with van der Waals surface area (Å²) in [7, 11) is 0. The molecular formula is C47H74O17. The molecular weight excluding hydrogens is 837 g/mol. The molecule has 9 rings (SSSR count). The Morgan fingerprint density at radius 2 is 1.11 bits per heavy atom. The first-order valence-corrected chi connectivity index (χ1v) is 24.2. The quantitative estimate of drug-likeness (QED) is 0.129. The molecule has 0 unspecified atom stereocenters. The van der Waals surface area contributed by atoms with Gasteiger partial charge in [0.25, 0.3) is 0 Å². The van der Waals surface area contributed by atoms with E-state index in [1.165, 1.54) is 0 Å². The van der Waals surface area contributed by atoms with Crippen molar-refractivity contribution in [3.05, 3.63) is 11.6 Å². The normalized spacial score (nSPS) is 55.5. The Hall–Kier alpha value is -1.39. The summed E-state index contributed by atoms with van der Waals surface area (Å²) in [4.78, 5) is 12.0. The molecule has 5 aliphatic heterocycles. The van der Waals surface area contributed by atoms with E-state index in [2.05, 4.69) is 6.92 Å². The molecule has 0 spiro atoms. The minimum Gasteiger partial charge on any atom is -0.458 e. The first kappa shape index (κ1) is 47.7. The molecule has 25 atom stereocenters. The molecule has 0 aromatic rings. The lowest BCUT2D eigenvalue weighted by Crippen LogP contribution is -2.67. The molecule has 4 saturated heterocycles.